The third-order valence-corrected chi connectivity index (χ3v) is 5.85. The Labute approximate surface area is 169 Å². The first kappa shape index (κ1) is 21.1. The number of alkyl halides is 2. The highest BCUT2D eigenvalue weighted by molar-refractivity contribution is 5.37. The molecule has 1 aliphatic carbocycles. The van der Waals surface area contributed by atoms with E-state index >= 15 is 0 Å². The number of pyridine rings is 1. The summed E-state index contributed by atoms with van der Waals surface area (Å²) in [7, 11) is 0. The molecule has 6 nitrogen and oxygen atoms in total. The van der Waals surface area contributed by atoms with Crippen LogP contribution in [0.3, 0.4) is 0 Å². The number of hydrogen-bond acceptors (Lipinski definition) is 6. The van der Waals surface area contributed by atoms with E-state index in [1.807, 2.05) is 13.8 Å². The number of aromatic nitrogens is 3. The lowest BCUT2D eigenvalue weighted by Crippen LogP contribution is -2.50. The topological polar surface area (TPSA) is 94.7 Å². The smallest absolute Gasteiger partial charge is 0.272 e. The maximum atomic E-state index is 13.4. The molecule has 2 aromatic rings. The van der Waals surface area contributed by atoms with Crippen LogP contribution < -0.4 is 5.32 Å². The van der Waals surface area contributed by atoms with Gasteiger partial charge in [-0.05, 0) is 42.2 Å². The summed E-state index contributed by atoms with van der Waals surface area (Å²) in [5.74, 6) is -2.29. The molecule has 2 N–H and O–H groups in total. The van der Waals surface area contributed by atoms with Crippen LogP contribution in [0.1, 0.15) is 49.6 Å². The molecule has 0 radical (unpaired) electrons. The SMILES string of the molecule is CC(F)(F)c1cncc(CCNc2ncc(C#N)c(C[C@@H]3C[C@H](O)C3(C)C)n2)c1. The number of aliphatic hydroxyl groups excluding tert-OH is 1. The molecule has 1 saturated carbocycles. The number of anilines is 1. The van der Waals surface area contributed by atoms with Crippen LogP contribution in [-0.2, 0) is 18.8 Å². The van der Waals surface area contributed by atoms with Crippen molar-refractivity contribution in [2.45, 2.75) is 52.1 Å². The number of halogens is 2. The van der Waals surface area contributed by atoms with E-state index in [0.717, 1.165) is 6.92 Å². The molecule has 1 fully saturated rings. The van der Waals surface area contributed by atoms with Crippen LogP contribution in [0.25, 0.3) is 0 Å². The Morgan fingerprint density at radius 1 is 1.34 bits per heavy atom. The molecule has 8 heteroatoms. The van der Waals surface area contributed by atoms with Crippen molar-refractivity contribution in [1.29, 1.82) is 5.26 Å². The minimum absolute atomic E-state index is 0.114. The highest BCUT2D eigenvalue weighted by Gasteiger charge is 2.47. The van der Waals surface area contributed by atoms with Gasteiger partial charge in [0.15, 0.2) is 0 Å². The summed E-state index contributed by atoms with van der Waals surface area (Å²) in [5, 5.41) is 22.4. The maximum Gasteiger partial charge on any atom is 0.272 e. The van der Waals surface area contributed by atoms with Crippen molar-refractivity contribution in [2.24, 2.45) is 11.3 Å². The maximum absolute atomic E-state index is 13.4. The monoisotopic (exact) mass is 401 g/mol. The molecule has 154 valence electrons. The number of nitrogens with one attached hydrogen (secondary N) is 1. The van der Waals surface area contributed by atoms with Gasteiger partial charge in [0.25, 0.3) is 5.92 Å². The van der Waals surface area contributed by atoms with Gasteiger partial charge in [0.05, 0.1) is 23.6 Å². The molecule has 0 aliphatic heterocycles. The highest BCUT2D eigenvalue weighted by atomic mass is 19.3. The number of rotatable bonds is 7. The summed E-state index contributed by atoms with van der Waals surface area (Å²) in [6, 6.07) is 3.57. The lowest BCUT2D eigenvalue weighted by atomic mass is 9.58. The number of nitrogens with zero attached hydrogens (tertiary/aromatic N) is 4. The second-order valence-corrected chi connectivity index (χ2v) is 8.29. The minimum atomic E-state index is -2.93. The molecule has 0 saturated heterocycles. The summed E-state index contributed by atoms with van der Waals surface area (Å²) in [6.07, 6.45) is 5.66. The predicted octanol–water partition coefficient (Wildman–Crippen LogP) is 3.46. The van der Waals surface area contributed by atoms with Crippen molar-refractivity contribution in [3.63, 3.8) is 0 Å². The Morgan fingerprint density at radius 3 is 2.72 bits per heavy atom. The third kappa shape index (κ3) is 4.67. The molecule has 3 rings (SSSR count). The fourth-order valence-electron chi connectivity index (χ4n) is 3.50. The van der Waals surface area contributed by atoms with Gasteiger partial charge in [-0.1, -0.05) is 13.8 Å². The van der Waals surface area contributed by atoms with Gasteiger partial charge in [0.2, 0.25) is 5.95 Å². The van der Waals surface area contributed by atoms with E-state index in [1.54, 1.807) is 6.20 Å². The summed E-state index contributed by atoms with van der Waals surface area (Å²) in [6.45, 7) is 5.32. The van der Waals surface area contributed by atoms with Crippen molar-refractivity contribution < 1.29 is 13.9 Å². The second-order valence-electron chi connectivity index (χ2n) is 8.29. The molecular weight excluding hydrogens is 376 g/mol. The Balaban J connectivity index is 1.64. The Kier molecular flexibility index (Phi) is 5.80. The van der Waals surface area contributed by atoms with Crippen LogP contribution in [0, 0.1) is 22.7 Å². The fourth-order valence-corrected chi connectivity index (χ4v) is 3.50. The summed E-state index contributed by atoms with van der Waals surface area (Å²) < 4.78 is 26.9. The predicted molar refractivity (Wildman–Crippen MR) is 104 cm³/mol. The Hall–Kier alpha value is -2.66. The van der Waals surface area contributed by atoms with Crippen molar-refractivity contribution >= 4 is 5.95 Å². The molecule has 2 atom stereocenters. The van der Waals surface area contributed by atoms with Crippen LogP contribution in [-0.4, -0.2) is 32.7 Å². The highest BCUT2D eigenvalue weighted by Crippen LogP contribution is 2.47. The molecular formula is C21H25F2N5O. The third-order valence-electron chi connectivity index (χ3n) is 5.85. The van der Waals surface area contributed by atoms with Gasteiger partial charge < -0.3 is 10.4 Å². The van der Waals surface area contributed by atoms with Gasteiger partial charge in [0.1, 0.15) is 6.07 Å². The van der Waals surface area contributed by atoms with Crippen molar-refractivity contribution in [1.82, 2.24) is 15.0 Å². The van der Waals surface area contributed by atoms with Crippen LogP contribution >= 0.6 is 0 Å². The zero-order valence-corrected chi connectivity index (χ0v) is 16.8. The summed E-state index contributed by atoms with van der Waals surface area (Å²) in [5.41, 5.74) is 1.46. The Morgan fingerprint density at radius 2 is 2.10 bits per heavy atom. The first-order chi connectivity index (χ1) is 13.6. The van der Waals surface area contributed by atoms with Gasteiger partial charge in [-0.2, -0.15) is 5.26 Å². The van der Waals surface area contributed by atoms with E-state index in [0.29, 0.717) is 48.6 Å². The van der Waals surface area contributed by atoms with E-state index in [1.165, 1.54) is 18.5 Å². The van der Waals surface area contributed by atoms with Gasteiger partial charge in [-0.15, -0.1) is 0 Å². The quantitative estimate of drug-likeness (QED) is 0.738. The van der Waals surface area contributed by atoms with Crippen LogP contribution in [0.5, 0.6) is 0 Å². The standard InChI is InChI=1S/C21H25F2N5O/c1-20(2)15(8-18(20)29)7-17-14(9-24)11-27-19(28-17)26-5-4-13-6-16(12-25-10-13)21(3,22)23/h6,10-12,15,18,29H,4-5,7-8H2,1-3H3,(H,26,27,28)/t15-,18+/m1/s1. The molecule has 0 aromatic carbocycles. The number of nitriles is 1. The van der Waals surface area contributed by atoms with Crippen LogP contribution in [0.4, 0.5) is 14.7 Å². The summed E-state index contributed by atoms with van der Waals surface area (Å²) >= 11 is 0. The molecule has 2 heterocycles. The first-order valence-corrected chi connectivity index (χ1v) is 9.61. The van der Waals surface area contributed by atoms with Gasteiger partial charge in [-0.3, -0.25) is 4.98 Å². The fraction of sp³-hybridized carbons (Fsp3) is 0.524. The molecule has 0 amide bonds. The van der Waals surface area contributed by atoms with E-state index in [2.05, 4.69) is 26.3 Å². The Bertz CT molecular complexity index is 920. The molecule has 0 spiro atoms. The molecule has 1 aliphatic rings. The average molecular weight is 401 g/mol. The minimum Gasteiger partial charge on any atom is -0.393 e. The van der Waals surface area contributed by atoms with E-state index in [4.69, 9.17) is 0 Å². The second kappa shape index (κ2) is 7.99. The largest absolute Gasteiger partial charge is 0.393 e. The van der Waals surface area contributed by atoms with E-state index in [9.17, 15) is 19.1 Å². The van der Waals surface area contributed by atoms with E-state index < -0.39 is 5.92 Å². The molecule has 2 aromatic heterocycles. The zero-order valence-electron chi connectivity index (χ0n) is 16.8. The van der Waals surface area contributed by atoms with Gasteiger partial charge >= 0.3 is 0 Å². The van der Waals surface area contributed by atoms with Crippen LogP contribution in [0.2, 0.25) is 0 Å². The number of hydrogen-bond donors (Lipinski definition) is 2. The normalized spacial score (nSPS) is 20.6. The molecule has 29 heavy (non-hydrogen) atoms. The lowest BCUT2D eigenvalue weighted by Gasteiger charge is -2.49. The lowest BCUT2D eigenvalue weighted by molar-refractivity contribution is -0.0978. The zero-order chi connectivity index (χ0) is 21.2. The average Bonchev–Trinajstić information content (AvgIpc) is 2.67. The van der Waals surface area contributed by atoms with Crippen molar-refractivity contribution in [2.75, 3.05) is 11.9 Å². The molecule has 0 bridgehead atoms. The van der Waals surface area contributed by atoms with E-state index in [-0.39, 0.29) is 23.0 Å². The number of aliphatic hydroxyl groups is 1. The van der Waals surface area contributed by atoms with Gasteiger partial charge in [-0.25, -0.2) is 18.7 Å². The first-order valence-electron chi connectivity index (χ1n) is 9.61. The van der Waals surface area contributed by atoms with Crippen molar-refractivity contribution in [3.05, 3.63) is 47.0 Å². The van der Waals surface area contributed by atoms with Gasteiger partial charge in [0, 0.05) is 31.4 Å². The van der Waals surface area contributed by atoms with Crippen molar-refractivity contribution in [3.8, 4) is 6.07 Å². The summed E-state index contributed by atoms with van der Waals surface area (Å²) in [4.78, 5) is 12.5. The molecule has 0 unspecified atom stereocenters. The van der Waals surface area contributed by atoms with Crippen LogP contribution in [0.15, 0.2) is 24.7 Å².